The van der Waals surface area contributed by atoms with Crippen molar-refractivity contribution in [3.8, 4) is 0 Å². The van der Waals surface area contributed by atoms with E-state index in [1.807, 2.05) is 32.1 Å². The van der Waals surface area contributed by atoms with Crippen LogP contribution in [-0.2, 0) is 9.47 Å². The predicted octanol–water partition coefficient (Wildman–Crippen LogP) is 2.35. The summed E-state index contributed by atoms with van der Waals surface area (Å²) >= 11 is 0. The lowest BCUT2D eigenvalue weighted by molar-refractivity contribution is 0.0299. The average Bonchev–Trinajstić information content (AvgIpc) is 2.02. The Hall–Kier alpha value is -1.18. The van der Waals surface area contributed by atoms with Crippen LogP contribution in [0.2, 0.25) is 0 Å². The van der Waals surface area contributed by atoms with Gasteiger partial charge in [0.25, 0.3) is 0 Å². The molecular formula is C9H12O2. The first-order valence-electron chi connectivity index (χ1n) is 3.55. The van der Waals surface area contributed by atoms with E-state index in [-0.39, 0.29) is 0 Å². The van der Waals surface area contributed by atoms with E-state index in [4.69, 9.17) is 9.47 Å². The standard InChI is InChI=1S/C9H12O2/c1-8-4-3-5-10-7-11-9(2)6-8/h3-6H,7H2,1-2H3. The summed E-state index contributed by atoms with van der Waals surface area (Å²) in [6.07, 6.45) is 7.42. The van der Waals surface area contributed by atoms with E-state index >= 15 is 0 Å². The minimum absolute atomic E-state index is 0.292. The van der Waals surface area contributed by atoms with Gasteiger partial charge in [-0.25, -0.2) is 0 Å². The topological polar surface area (TPSA) is 18.5 Å². The lowest BCUT2D eigenvalue weighted by Gasteiger charge is -2.03. The van der Waals surface area contributed by atoms with Crippen LogP contribution in [0.3, 0.4) is 0 Å². The zero-order valence-electron chi connectivity index (χ0n) is 6.83. The number of hydrogen-bond acceptors (Lipinski definition) is 2. The molecular weight excluding hydrogens is 140 g/mol. The quantitative estimate of drug-likeness (QED) is 0.530. The molecule has 0 radical (unpaired) electrons. The molecule has 0 unspecified atom stereocenters. The zero-order valence-corrected chi connectivity index (χ0v) is 6.83. The molecule has 1 aliphatic heterocycles. The van der Waals surface area contributed by atoms with E-state index in [1.165, 1.54) is 0 Å². The van der Waals surface area contributed by atoms with Crippen LogP contribution in [-0.4, -0.2) is 6.79 Å². The van der Waals surface area contributed by atoms with E-state index in [0.717, 1.165) is 11.3 Å². The fourth-order valence-electron chi connectivity index (χ4n) is 0.823. The summed E-state index contributed by atoms with van der Waals surface area (Å²) in [6.45, 7) is 4.22. The van der Waals surface area contributed by atoms with Crippen LogP contribution in [0.1, 0.15) is 13.8 Å². The molecule has 1 aliphatic rings. The maximum absolute atomic E-state index is 5.18. The first-order valence-corrected chi connectivity index (χ1v) is 3.55. The Morgan fingerprint density at radius 2 is 2.18 bits per heavy atom. The summed E-state index contributed by atoms with van der Waals surface area (Å²) in [5, 5.41) is 0. The van der Waals surface area contributed by atoms with Crippen molar-refractivity contribution in [3.05, 3.63) is 35.8 Å². The Balaban J connectivity index is 2.73. The van der Waals surface area contributed by atoms with E-state index < -0.39 is 0 Å². The predicted molar refractivity (Wildman–Crippen MR) is 43.7 cm³/mol. The smallest absolute Gasteiger partial charge is 0.229 e. The van der Waals surface area contributed by atoms with Gasteiger partial charge in [0.2, 0.25) is 6.79 Å². The molecule has 0 N–H and O–H groups in total. The molecule has 0 spiro atoms. The summed E-state index contributed by atoms with van der Waals surface area (Å²) in [4.78, 5) is 0. The maximum Gasteiger partial charge on any atom is 0.229 e. The molecule has 0 atom stereocenters. The third kappa shape index (κ3) is 2.94. The van der Waals surface area contributed by atoms with Crippen molar-refractivity contribution in [3.63, 3.8) is 0 Å². The second-order valence-corrected chi connectivity index (χ2v) is 2.42. The first kappa shape index (κ1) is 7.92. The fraction of sp³-hybridized carbons (Fsp3) is 0.333. The van der Waals surface area contributed by atoms with E-state index in [2.05, 4.69) is 0 Å². The molecule has 1 rings (SSSR count). The Bertz CT molecular complexity index is 212. The molecule has 0 saturated carbocycles. The van der Waals surface area contributed by atoms with Crippen molar-refractivity contribution in [2.45, 2.75) is 13.8 Å². The molecule has 0 bridgehead atoms. The monoisotopic (exact) mass is 152 g/mol. The van der Waals surface area contributed by atoms with Gasteiger partial charge < -0.3 is 9.47 Å². The van der Waals surface area contributed by atoms with Crippen LogP contribution in [0.15, 0.2) is 35.8 Å². The lowest BCUT2D eigenvalue weighted by atomic mass is 10.2. The molecule has 0 amide bonds. The molecule has 1 heterocycles. The van der Waals surface area contributed by atoms with Gasteiger partial charge in [0.15, 0.2) is 0 Å². The van der Waals surface area contributed by atoms with Crippen LogP contribution >= 0.6 is 0 Å². The van der Waals surface area contributed by atoms with Gasteiger partial charge in [-0.2, -0.15) is 0 Å². The highest BCUT2D eigenvalue weighted by atomic mass is 16.7. The van der Waals surface area contributed by atoms with Crippen LogP contribution in [0.25, 0.3) is 0 Å². The molecule has 2 heteroatoms. The van der Waals surface area contributed by atoms with Crippen molar-refractivity contribution in [1.82, 2.24) is 0 Å². The van der Waals surface area contributed by atoms with Gasteiger partial charge in [-0.1, -0.05) is 6.08 Å². The van der Waals surface area contributed by atoms with Gasteiger partial charge in [0.1, 0.15) is 0 Å². The summed E-state index contributed by atoms with van der Waals surface area (Å²) < 4.78 is 10.2. The maximum atomic E-state index is 5.18. The summed E-state index contributed by atoms with van der Waals surface area (Å²) in [5.74, 6) is 0.877. The van der Waals surface area contributed by atoms with Crippen LogP contribution < -0.4 is 0 Å². The fourth-order valence-corrected chi connectivity index (χ4v) is 0.823. The van der Waals surface area contributed by atoms with Crippen molar-refractivity contribution in [2.24, 2.45) is 0 Å². The Morgan fingerprint density at radius 3 is 3.00 bits per heavy atom. The minimum Gasteiger partial charge on any atom is -0.465 e. The summed E-state index contributed by atoms with van der Waals surface area (Å²) in [7, 11) is 0. The van der Waals surface area contributed by atoms with Crippen LogP contribution in [0.5, 0.6) is 0 Å². The first-order chi connectivity index (χ1) is 5.29. The van der Waals surface area contributed by atoms with Gasteiger partial charge in [0.05, 0.1) is 12.0 Å². The van der Waals surface area contributed by atoms with E-state index in [1.54, 1.807) is 6.26 Å². The largest absolute Gasteiger partial charge is 0.465 e. The van der Waals surface area contributed by atoms with Crippen LogP contribution in [0, 0.1) is 0 Å². The van der Waals surface area contributed by atoms with Crippen LogP contribution in [0.4, 0.5) is 0 Å². The highest BCUT2D eigenvalue weighted by Crippen LogP contribution is 2.05. The lowest BCUT2D eigenvalue weighted by Crippen LogP contribution is -1.92. The third-order valence-electron chi connectivity index (χ3n) is 1.32. The number of rotatable bonds is 0. The van der Waals surface area contributed by atoms with Gasteiger partial charge >= 0.3 is 0 Å². The molecule has 2 nitrogen and oxygen atoms in total. The molecule has 0 aromatic heterocycles. The van der Waals surface area contributed by atoms with Crippen molar-refractivity contribution < 1.29 is 9.47 Å². The van der Waals surface area contributed by atoms with Crippen molar-refractivity contribution in [2.75, 3.05) is 6.79 Å². The normalized spacial score (nSPS) is 18.0. The molecule has 0 aromatic rings. The summed E-state index contributed by atoms with van der Waals surface area (Å²) in [6, 6.07) is 0. The van der Waals surface area contributed by atoms with E-state index in [0.29, 0.717) is 6.79 Å². The number of allylic oxidation sites excluding steroid dienone is 5. The Morgan fingerprint density at radius 1 is 1.36 bits per heavy atom. The second-order valence-electron chi connectivity index (χ2n) is 2.42. The van der Waals surface area contributed by atoms with Crippen molar-refractivity contribution in [1.29, 1.82) is 0 Å². The highest BCUT2D eigenvalue weighted by molar-refractivity contribution is 5.22. The molecule has 0 fully saturated rings. The number of hydrogen-bond donors (Lipinski definition) is 0. The van der Waals surface area contributed by atoms with Gasteiger partial charge in [-0.3, -0.25) is 0 Å². The van der Waals surface area contributed by atoms with Gasteiger partial charge in [-0.15, -0.1) is 0 Å². The molecule has 0 aromatic carbocycles. The second kappa shape index (κ2) is 3.86. The van der Waals surface area contributed by atoms with Gasteiger partial charge in [0, 0.05) is 0 Å². The molecule has 11 heavy (non-hydrogen) atoms. The average molecular weight is 152 g/mol. The molecule has 60 valence electrons. The minimum atomic E-state index is 0.292. The highest BCUT2D eigenvalue weighted by Gasteiger charge is 1.91. The third-order valence-corrected chi connectivity index (χ3v) is 1.32. The Kier molecular flexibility index (Phi) is 2.78. The molecule has 0 saturated heterocycles. The van der Waals surface area contributed by atoms with Crippen molar-refractivity contribution >= 4 is 0 Å². The van der Waals surface area contributed by atoms with E-state index in [9.17, 15) is 0 Å². The summed E-state index contributed by atoms with van der Waals surface area (Å²) in [5.41, 5.74) is 1.16. The van der Waals surface area contributed by atoms with Gasteiger partial charge in [-0.05, 0) is 31.6 Å². The Labute approximate surface area is 66.8 Å². The number of ether oxygens (including phenoxy) is 2. The zero-order chi connectivity index (χ0) is 8.10. The molecule has 0 aliphatic carbocycles. The SMILES string of the molecule is CC1=CC=COCOC(C)=C1.